The Morgan fingerprint density at radius 3 is 2.69 bits per heavy atom. The van der Waals surface area contributed by atoms with E-state index in [-0.39, 0.29) is 0 Å². The molecule has 1 heterocycles. The number of thioether (sulfide) groups is 1. The van der Waals surface area contributed by atoms with E-state index in [1.54, 1.807) is 11.8 Å². The van der Waals surface area contributed by atoms with Gasteiger partial charge in [-0.3, -0.25) is 0 Å². The van der Waals surface area contributed by atoms with Crippen molar-refractivity contribution in [3.63, 3.8) is 0 Å². The molecule has 0 saturated heterocycles. The normalized spacial score (nSPS) is 16.0. The molecule has 0 bridgehead atoms. The molecule has 0 aromatic heterocycles. The molecule has 1 nitrogen and oxygen atoms in total. The standard InChI is InChI=1S/C10H10NS2/c12-10-7-13-8-11(10)6-9-4-2-1-3-5-9/h1-5,8H,6-7H2/q+1. The van der Waals surface area contributed by atoms with Gasteiger partial charge in [-0.1, -0.05) is 42.1 Å². The predicted molar refractivity (Wildman–Crippen MR) is 61.5 cm³/mol. The van der Waals surface area contributed by atoms with Crippen molar-refractivity contribution in [3.05, 3.63) is 35.9 Å². The number of rotatable bonds is 2. The van der Waals surface area contributed by atoms with Gasteiger partial charge in [-0.2, -0.15) is 4.58 Å². The number of thiocarbonyl (C=S) groups is 1. The second-order valence-corrected chi connectivity index (χ2v) is 4.23. The van der Waals surface area contributed by atoms with E-state index in [1.165, 1.54) is 5.56 Å². The van der Waals surface area contributed by atoms with Crippen LogP contribution in [-0.2, 0) is 6.54 Å². The van der Waals surface area contributed by atoms with Crippen LogP contribution in [0.15, 0.2) is 30.3 Å². The highest BCUT2D eigenvalue weighted by atomic mass is 32.2. The van der Waals surface area contributed by atoms with Crippen LogP contribution < -0.4 is 0 Å². The molecular formula is C10H10NS2+. The molecule has 0 radical (unpaired) electrons. The summed E-state index contributed by atoms with van der Waals surface area (Å²) in [5.74, 6) is 0.960. The lowest BCUT2D eigenvalue weighted by Crippen LogP contribution is -2.14. The van der Waals surface area contributed by atoms with Crippen LogP contribution in [-0.4, -0.2) is 20.9 Å². The Balaban J connectivity index is 2.11. The molecule has 0 aliphatic carbocycles. The van der Waals surface area contributed by atoms with E-state index < -0.39 is 0 Å². The molecule has 0 spiro atoms. The Morgan fingerprint density at radius 2 is 2.08 bits per heavy atom. The molecule has 66 valence electrons. The van der Waals surface area contributed by atoms with Crippen molar-refractivity contribution in [2.24, 2.45) is 0 Å². The van der Waals surface area contributed by atoms with Gasteiger partial charge in [0, 0.05) is 5.56 Å². The van der Waals surface area contributed by atoms with Crippen molar-refractivity contribution in [2.45, 2.75) is 6.54 Å². The summed E-state index contributed by atoms with van der Waals surface area (Å²) in [7, 11) is 0. The second-order valence-electron chi connectivity index (χ2n) is 2.92. The minimum atomic E-state index is 0.909. The molecule has 0 saturated carbocycles. The van der Waals surface area contributed by atoms with Crippen LogP contribution in [0.25, 0.3) is 0 Å². The highest BCUT2D eigenvalue weighted by Crippen LogP contribution is 2.10. The fourth-order valence-corrected chi connectivity index (χ4v) is 2.40. The molecule has 0 fully saturated rings. The van der Waals surface area contributed by atoms with E-state index in [4.69, 9.17) is 12.2 Å². The van der Waals surface area contributed by atoms with E-state index in [2.05, 4.69) is 34.4 Å². The summed E-state index contributed by atoms with van der Waals surface area (Å²) >= 11 is 6.98. The van der Waals surface area contributed by atoms with Crippen LogP contribution in [0.1, 0.15) is 5.56 Å². The highest BCUT2D eigenvalue weighted by Gasteiger charge is 2.19. The van der Waals surface area contributed by atoms with Gasteiger partial charge in [-0.25, -0.2) is 0 Å². The summed E-state index contributed by atoms with van der Waals surface area (Å²) < 4.78 is 2.13. The molecule has 0 amide bonds. The van der Waals surface area contributed by atoms with Crippen molar-refractivity contribution >= 4 is 34.5 Å². The van der Waals surface area contributed by atoms with Crippen LogP contribution in [0.5, 0.6) is 0 Å². The summed E-state index contributed by atoms with van der Waals surface area (Å²) in [6, 6.07) is 10.4. The molecule has 1 aliphatic heterocycles. The maximum absolute atomic E-state index is 5.21. The molecule has 1 aliphatic rings. The van der Waals surface area contributed by atoms with Gasteiger partial charge in [0.2, 0.25) is 5.55 Å². The van der Waals surface area contributed by atoms with Crippen LogP contribution >= 0.6 is 24.0 Å². The van der Waals surface area contributed by atoms with E-state index in [9.17, 15) is 0 Å². The molecule has 1 aromatic rings. The molecule has 13 heavy (non-hydrogen) atoms. The maximum Gasteiger partial charge on any atom is 0.258 e. The Morgan fingerprint density at radius 1 is 1.31 bits per heavy atom. The van der Waals surface area contributed by atoms with Gasteiger partial charge in [0.05, 0.1) is 5.75 Å². The van der Waals surface area contributed by atoms with Gasteiger partial charge in [0.15, 0.2) is 6.54 Å². The SMILES string of the molecule is S=C1CSC=[N+]1Cc1ccccc1. The quantitative estimate of drug-likeness (QED) is 0.542. The summed E-state index contributed by atoms with van der Waals surface area (Å²) in [6.07, 6.45) is 0. The first-order chi connectivity index (χ1) is 6.36. The lowest BCUT2D eigenvalue weighted by molar-refractivity contribution is -0.412. The average Bonchev–Trinajstić information content (AvgIpc) is 2.54. The summed E-state index contributed by atoms with van der Waals surface area (Å²) in [6.45, 7) is 0.909. The number of hydrogen-bond donors (Lipinski definition) is 0. The molecule has 1 aromatic carbocycles. The maximum atomic E-state index is 5.21. The zero-order valence-electron chi connectivity index (χ0n) is 7.14. The number of hydrogen-bond acceptors (Lipinski definition) is 2. The van der Waals surface area contributed by atoms with Gasteiger partial charge >= 0.3 is 0 Å². The van der Waals surface area contributed by atoms with Crippen LogP contribution in [0.2, 0.25) is 0 Å². The molecule has 0 unspecified atom stereocenters. The Bertz CT molecular complexity index is 343. The zero-order valence-corrected chi connectivity index (χ0v) is 8.78. The first-order valence-corrected chi connectivity index (χ1v) is 5.60. The second kappa shape index (κ2) is 4.03. The Labute approximate surface area is 87.5 Å². The first kappa shape index (κ1) is 8.91. The van der Waals surface area contributed by atoms with Crippen molar-refractivity contribution in [3.8, 4) is 0 Å². The Kier molecular flexibility index (Phi) is 2.76. The van der Waals surface area contributed by atoms with E-state index >= 15 is 0 Å². The van der Waals surface area contributed by atoms with E-state index in [0.29, 0.717) is 0 Å². The third-order valence-corrected chi connectivity index (χ3v) is 3.33. The van der Waals surface area contributed by atoms with Crippen LogP contribution in [0.4, 0.5) is 0 Å². The summed E-state index contributed by atoms with van der Waals surface area (Å²) in [5.41, 5.74) is 3.42. The van der Waals surface area contributed by atoms with Gasteiger partial charge in [-0.15, -0.1) is 0 Å². The smallest absolute Gasteiger partial charge is 0.182 e. The largest absolute Gasteiger partial charge is 0.258 e. The van der Waals surface area contributed by atoms with Crippen molar-refractivity contribution < 1.29 is 4.58 Å². The lowest BCUT2D eigenvalue weighted by atomic mass is 10.2. The topological polar surface area (TPSA) is 3.01 Å². The number of benzene rings is 1. The minimum Gasteiger partial charge on any atom is -0.182 e. The first-order valence-electron chi connectivity index (χ1n) is 4.14. The molecule has 0 N–H and O–H groups in total. The third-order valence-electron chi connectivity index (χ3n) is 1.92. The zero-order chi connectivity index (χ0) is 9.10. The highest BCUT2D eigenvalue weighted by molar-refractivity contribution is 8.13. The van der Waals surface area contributed by atoms with Crippen LogP contribution in [0.3, 0.4) is 0 Å². The van der Waals surface area contributed by atoms with Crippen molar-refractivity contribution in [1.29, 1.82) is 0 Å². The van der Waals surface area contributed by atoms with Crippen LogP contribution in [0, 0.1) is 0 Å². The summed E-state index contributed by atoms with van der Waals surface area (Å²) in [4.78, 5) is 1.04. The van der Waals surface area contributed by atoms with E-state index in [1.807, 2.05) is 6.07 Å². The molecule has 2 rings (SSSR count). The van der Waals surface area contributed by atoms with Crippen molar-refractivity contribution in [2.75, 3.05) is 5.75 Å². The molecular weight excluding hydrogens is 198 g/mol. The minimum absolute atomic E-state index is 0.909. The van der Waals surface area contributed by atoms with Crippen molar-refractivity contribution in [1.82, 2.24) is 0 Å². The van der Waals surface area contributed by atoms with Gasteiger partial charge < -0.3 is 0 Å². The fourth-order valence-electron chi connectivity index (χ4n) is 1.25. The Hall–Kier alpha value is -0.670. The predicted octanol–water partition coefficient (Wildman–Crippen LogP) is 2.30. The van der Waals surface area contributed by atoms with Gasteiger partial charge in [-0.05, 0) is 12.2 Å². The fraction of sp³-hybridized carbons (Fsp3) is 0.200. The van der Waals surface area contributed by atoms with Gasteiger partial charge in [0.25, 0.3) is 4.99 Å². The summed E-state index contributed by atoms with van der Waals surface area (Å²) in [5, 5.41) is 0. The van der Waals surface area contributed by atoms with Gasteiger partial charge in [0.1, 0.15) is 0 Å². The van der Waals surface area contributed by atoms with E-state index in [0.717, 1.165) is 17.3 Å². The number of nitrogens with zero attached hydrogens (tertiary/aromatic N) is 1. The monoisotopic (exact) mass is 208 g/mol. The third kappa shape index (κ3) is 2.17. The molecule has 3 heteroatoms. The lowest BCUT2D eigenvalue weighted by Gasteiger charge is -1.96. The molecule has 0 atom stereocenters. The average molecular weight is 208 g/mol.